The predicted molar refractivity (Wildman–Crippen MR) is 82.3 cm³/mol. The van der Waals surface area contributed by atoms with Crippen molar-refractivity contribution in [1.82, 2.24) is 19.7 Å². The average Bonchev–Trinajstić information content (AvgIpc) is 3.16. The van der Waals surface area contributed by atoms with Crippen LogP contribution >= 0.6 is 23.4 Å². The van der Waals surface area contributed by atoms with Crippen LogP contribution in [0.3, 0.4) is 0 Å². The molecule has 0 unspecified atom stereocenters. The normalized spacial score (nSPS) is 10.9. The van der Waals surface area contributed by atoms with E-state index in [4.69, 9.17) is 16.0 Å². The minimum Gasteiger partial charge on any atom is -0.411 e. The van der Waals surface area contributed by atoms with Gasteiger partial charge in [-0.15, -0.1) is 10.2 Å². The minimum atomic E-state index is 0.456. The van der Waals surface area contributed by atoms with E-state index in [2.05, 4.69) is 15.2 Å². The number of rotatable bonds is 6. The quantitative estimate of drug-likeness (QED) is 0.511. The Balaban J connectivity index is 1.55. The predicted octanol–water partition coefficient (Wildman–Crippen LogP) is 3.77. The molecule has 0 atom stereocenters. The summed E-state index contributed by atoms with van der Waals surface area (Å²) in [6.45, 7) is 0.929. The summed E-state index contributed by atoms with van der Waals surface area (Å²) in [5.74, 6) is 1.36. The zero-order valence-electron chi connectivity index (χ0n) is 11.1. The zero-order chi connectivity index (χ0) is 14.5. The van der Waals surface area contributed by atoms with Gasteiger partial charge in [-0.2, -0.15) is 0 Å². The third-order valence-corrected chi connectivity index (χ3v) is 4.09. The van der Waals surface area contributed by atoms with Crippen LogP contribution < -0.4 is 0 Å². The summed E-state index contributed by atoms with van der Waals surface area (Å²) in [6, 6.07) is 7.43. The fourth-order valence-electron chi connectivity index (χ4n) is 1.84. The molecule has 0 N–H and O–H groups in total. The Kier molecular flexibility index (Phi) is 4.57. The molecule has 21 heavy (non-hydrogen) atoms. The smallest absolute Gasteiger partial charge is 0.276 e. The van der Waals surface area contributed by atoms with E-state index in [1.165, 1.54) is 0 Å². The lowest BCUT2D eigenvalue weighted by atomic mass is 10.2. The first kappa shape index (κ1) is 14.2. The highest BCUT2D eigenvalue weighted by Crippen LogP contribution is 2.28. The molecular weight excluding hydrogens is 308 g/mol. The van der Waals surface area contributed by atoms with Crippen LogP contribution in [0, 0.1) is 0 Å². The Hall–Kier alpha value is -1.79. The molecule has 3 rings (SSSR count). The number of aryl methyl sites for hydroxylation is 1. The fraction of sp³-hybridized carbons (Fsp3) is 0.214. The van der Waals surface area contributed by atoms with E-state index in [1.54, 1.807) is 24.0 Å². The van der Waals surface area contributed by atoms with Crippen LogP contribution in [-0.4, -0.2) is 25.5 Å². The maximum atomic E-state index is 6.11. The molecule has 5 nitrogen and oxygen atoms in total. The fourth-order valence-corrected chi connectivity index (χ4v) is 2.74. The Bertz CT molecular complexity index is 699. The lowest BCUT2D eigenvalue weighted by Gasteiger charge is -1.99. The Morgan fingerprint density at radius 3 is 2.95 bits per heavy atom. The molecule has 0 saturated heterocycles. The van der Waals surface area contributed by atoms with Gasteiger partial charge >= 0.3 is 0 Å². The first-order chi connectivity index (χ1) is 10.3. The summed E-state index contributed by atoms with van der Waals surface area (Å²) in [6.07, 6.45) is 6.55. The molecule has 0 aliphatic rings. The van der Waals surface area contributed by atoms with Crippen LogP contribution in [-0.2, 0) is 6.54 Å². The highest BCUT2D eigenvalue weighted by Gasteiger charge is 2.11. The van der Waals surface area contributed by atoms with Gasteiger partial charge in [0, 0.05) is 24.7 Å². The lowest BCUT2D eigenvalue weighted by molar-refractivity contribution is 0.465. The second-order valence-corrected chi connectivity index (χ2v) is 5.81. The Morgan fingerprint density at radius 1 is 1.24 bits per heavy atom. The van der Waals surface area contributed by atoms with Gasteiger partial charge in [0.05, 0.1) is 16.9 Å². The van der Waals surface area contributed by atoms with E-state index in [9.17, 15) is 0 Å². The molecule has 0 bridgehead atoms. The first-order valence-electron chi connectivity index (χ1n) is 6.50. The molecule has 0 aliphatic heterocycles. The van der Waals surface area contributed by atoms with Crippen LogP contribution in [0.2, 0.25) is 5.02 Å². The summed E-state index contributed by atoms with van der Waals surface area (Å²) >= 11 is 7.66. The highest BCUT2D eigenvalue weighted by molar-refractivity contribution is 7.99. The van der Waals surface area contributed by atoms with Gasteiger partial charge in [0.15, 0.2) is 0 Å². The molecule has 1 aromatic carbocycles. The number of nitrogens with zero attached hydrogens (tertiary/aromatic N) is 4. The number of imidazole rings is 1. The number of hydrogen-bond donors (Lipinski definition) is 0. The molecule has 2 aromatic heterocycles. The number of benzene rings is 1. The van der Waals surface area contributed by atoms with Crippen LogP contribution in [0.25, 0.3) is 11.5 Å². The molecular formula is C14H13ClN4OS. The number of aromatic nitrogens is 4. The van der Waals surface area contributed by atoms with Crippen molar-refractivity contribution >= 4 is 23.4 Å². The molecule has 7 heteroatoms. The van der Waals surface area contributed by atoms with Crippen LogP contribution in [0.1, 0.15) is 6.42 Å². The standard InChI is InChI=1S/C14H13ClN4OS/c15-12-5-2-1-4-11(12)13-17-18-14(20-13)21-9-3-7-19-8-6-16-10-19/h1-2,4-6,8,10H,3,7,9H2. The Morgan fingerprint density at radius 2 is 2.14 bits per heavy atom. The van der Waals surface area contributed by atoms with Crippen molar-refractivity contribution in [2.45, 2.75) is 18.2 Å². The average molecular weight is 321 g/mol. The summed E-state index contributed by atoms with van der Waals surface area (Å²) in [7, 11) is 0. The molecule has 2 heterocycles. The largest absolute Gasteiger partial charge is 0.411 e. The van der Waals surface area contributed by atoms with E-state index in [-0.39, 0.29) is 0 Å². The molecule has 0 saturated carbocycles. The van der Waals surface area contributed by atoms with Gasteiger partial charge in [0.1, 0.15) is 0 Å². The van der Waals surface area contributed by atoms with Crippen molar-refractivity contribution in [2.75, 3.05) is 5.75 Å². The maximum Gasteiger partial charge on any atom is 0.276 e. The van der Waals surface area contributed by atoms with E-state index in [0.717, 1.165) is 24.3 Å². The van der Waals surface area contributed by atoms with Crippen LogP contribution in [0.4, 0.5) is 0 Å². The third-order valence-electron chi connectivity index (χ3n) is 2.86. The van der Waals surface area contributed by atoms with Crippen molar-refractivity contribution < 1.29 is 4.42 Å². The van der Waals surface area contributed by atoms with Crippen molar-refractivity contribution in [3.63, 3.8) is 0 Å². The summed E-state index contributed by atoms with van der Waals surface area (Å²) in [5.41, 5.74) is 0.761. The first-order valence-corrected chi connectivity index (χ1v) is 7.86. The summed E-state index contributed by atoms with van der Waals surface area (Å²) in [5, 5.41) is 9.25. The third kappa shape index (κ3) is 3.65. The van der Waals surface area contributed by atoms with E-state index >= 15 is 0 Å². The molecule has 0 spiro atoms. The second-order valence-electron chi connectivity index (χ2n) is 4.36. The van der Waals surface area contributed by atoms with Crippen molar-refractivity contribution in [2.24, 2.45) is 0 Å². The SMILES string of the molecule is Clc1ccccc1-c1nnc(SCCCn2ccnc2)o1. The van der Waals surface area contributed by atoms with Crippen LogP contribution in [0.5, 0.6) is 0 Å². The van der Waals surface area contributed by atoms with Gasteiger partial charge in [0.2, 0.25) is 5.89 Å². The highest BCUT2D eigenvalue weighted by atomic mass is 35.5. The van der Waals surface area contributed by atoms with E-state index < -0.39 is 0 Å². The van der Waals surface area contributed by atoms with Gasteiger partial charge < -0.3 is 8.98 Å². The maximum absolute atomic E-state index is 6.11. The number of hydrogen-bond acceptors (Lipinski definition) is 5. The van der Waals surface area contributed by atoms with Crippen molar-refractivity contribution in [3.05, 3.63) is 48.0 Å². The Labute approximate surface area is 131 Å². The van der Waals surface area contributed by atoms with E-state index in [0.29, 0.717) is 16.1 Å². The van der Waals surface area contributed by atoms with Crippen LogP contribution in [0.15, 0.2) is 52.6 Å². The molecule has 0 aliphatic carbocycles. The molecule has 108 valence electrons. The molecule has 0 radical (unpaired) electrons. The summed E-state index contributed by atoms with van der Waals surface area (Å²) < 4.78 is 7.67. The van der Waals surface area contributed by atoms with E-state index in [1.807, 2.05) is 35.3 Å². The van der Waals surface area contributed by atoms with Gasteiger partial charge in [-0.1, -0.05) is 35.5 Å². The summed E-state index contributed by atoms with van der Waals surface area (Å²) in [4.78, 5) is 4.01. The van der Waals surface area contributed by atoms with Crippen molar-refractivity contribution in [3.8, 4) is 11.5 Å². The number of thioether (sulfide) groups is 1. The minimum absolute atomic E-state index is 0.456. The molecule has 0 amide bonds. The molecule has 0 fully saturated rings. The zero-order valence-corrected chi connectivity index (χ0v) is 12.7. The second kappa shape index (κ2) is 6.78. The van der Waals surface area contributed by atoms with Gasteiger partial charge in [-0.3, -0.25) is 0 Å². The number of halogens is 1. The van der Waals surface area contributed by atoms with Gasteiger partial charge in [0.25, 0.3) is 5.22 Å². The lowest BCUT2D eigenvalue weighted by Crippen LogP contribution is -1.95. The van der Waals surface area contributed by atoms with Crippen molar-refractivity contribution in [1.29, 1.82) is 0 Å². The van der Waals surface area contributed by atoms with Gasteiger partial charge in [-0.25, -0.2) is 4.98 Å². The monoisotopic (exact) mass is 320 g/mol. The van der Waals surface area contributed by atoms with Gasteiger partial charge in [-0.05, 0) is 18.6 Å². The topological polar surface area (TPSA) is 56.7 Å². The molecule has 3 aromatic rings.